The van der Waals surface area contributed by atoms with Crippen LogP contribution >= 0.6 is 0 Å². The largest absolute Gasteiger partial charge is 0.393 e. The summed E-state index contributed by atoms with van der Waals surface area (Å²) in [5, 5.41) is 18.3. The number of rotatable bonds is 4. The number of ketones is 1. The Balaban J connectivity index is 2.92. The molecule has 4 atom stereocenters. The monoisotopic (exact) mass is 230 g/mol. The normalized spacial score (nSPS) is 34.4. The van der Waals surface area contributed by atoms with Gasteiger partial charge in [0, 0.05) is 17.5 Å². The minimum absolute atomic E-state index is 0.0467. The molecule has 0 aromatic rings. The first kappa shape index (κ1) is 13.6. The van der Waals surface area contributed by atoms with Crippen LogP contribution in [0.15, 0.2) is 0 Å². The molecule has 1 rings (SSSR count). The van der Waals surface area contributed by atoms with Crippen molar-refractivity contribution in [1.29, 1.82) is 0 Å². The lowest BCUT2D eigenvalue weighted by atomic mass is 9.64. The summed E-state index contributed by atoms with van der Waals surface area (Å²) >= 11 is 0. The molecule has 6 N–H and O–H groups in total. The number of hydrogen-bond acceptors (Lipinski definition) is 5. The molecule has 0 aliphatic heterocycles. The Bertz CT molecular complexity index is 258. The zero-order valence-corrected chi connectivity index (χ0v) is 9.72. The van der Waals surface area contributed by atoms with Crippen LogP contribution in [0, 0.1) is 5.41 Å². The molecular formula is C11H22N2O3. The van der Waals surface area contributed by atoms with Crippen LogP contribution in [-0.2, 0) is 4.79 Å². The molecule has 0 heterocycles. The highest BCUT2D eigenvalue weighted by Crippen LogP contribution is 2.39. The highest BCUT2D eigenvalue weighted by molar-refractivity contribution is 5.89. The topological polar surface area (TPSA) is 110 Å². The van der Waals surface area contributed by atoms with Crippen LogP contribution in [0.3, 0.4) is 0 Å². The van der Waals surface area contributed by atoms with E-state index in [1.165, 1.54) is 0 Å². The Morgan fingerprint density at radius 1 is 1.62 bits per heavy atom. The van der Waals surface area contributed by atoms with Crippen LogP contribution in [0.4, 0.5) is 0 Å². The quantitative estimate of drug-likeness (QED) is 0.502. The number of carbonyl (C=O) groups is 1. The van der Waals surface area contributed by atoms with Gasteiger partial charge in [-0.15, -0.1) is 0 Å². The van der Waals surface area contributed by atoms with Crippen molar-refractivity contribution in [3.63, 3.8) is 0 Å². The Labute approximate surface area is 95.8 Å². The van der Waals surface area contributed by atoms with Gasteiger partial charge in [0.05, 0.1) is 6.61 Å². The van der Waals surface area contributed by atoms with E-state index in [1.807, 2.05) is 0 Å². The van der Waals surface area contributed by atoms with Gasteiger partial charge < -0.3 is 21.7 Å². The third-order valence-electron chi connectivity index (χ3n) is 3.66. The highest BCUT2D eigenvalue weighted by atomic mass is 16.3. The third-order valence-corrected chi connectivity index (χ3v) is 3.66. The number of aliphatic hydroxyl groups excluding tert-OH is 2. The minimum Gasteiger partial charge on any atom is -0.393 e. The maximum atomic E-state index is 12.1. The van der Waals surface area contributed by atoms with Gasteiger partial charge >= 0.3 is 0 Å². The molecule has 16 heavy (non-hydrogen) atoms. The van der Waals surface area contributed by atoms with Gasteiger partial charge in [-0.25, -0.2) is 0 Å². The molecular weight excluding hydrogens is 208 g/mol. The van der Waals surface area contributed by atoms with Crippen LogP contribution in [0.25, 0.3) is 0 Å². The molecule has 0 aromatic heterocycles. The van der Waals surface area contributed by atoms with Crippen LogP contribution < -0.4 is 11.5 Å². The molecule has 0 aromatic carbocycles. The van der Waals surface area contributed by atoms with Gasteiger partial charge in [0.2, 0.25) is 0 Å². The van der Waals surface area contributed by atoms with E-state index in [9.17, 15) is 9.90 Å². The lowest BCUT2D eigenvalue weighted by Crippen LogP contribution is -2.55. The number of nitrogens with two attached hydrogens (primary N) is 2. The second-order valence-electron chi connectivity index (χ2n) is 4.86. The maximum absolute atomic E-state index is 12.1. The number of carbonyl (C=O) groups excluding carboxylic acids is 1. The van der Waals surface area contributed by atoms with Crippen molar-refractivity contribution in [2.75, 3.05) is 6.61 Å². The summed E-state index contributed by atoms with van der Waals surface area (Å²) in [6, 6.07) is -0.401. The van der Waals surface area contributed by atoms with Crippen LogP contribution in [0.2, 0.25) is 0 Å². The Morgan fingerprint density at radius 3 is 2.69 bits per heavy atom. The minimum atomic E-state index is -1.34. The zero-order chi connectivity index (χ0) is 12.3. The average molecular weight is 230 g/mol. The second-order valence-corrected chi connectivity index (χ2v) is 4.86. The number of aliphatic hydroxyl groups is 2. The van der Waals surface area contributed by atoms with Gasteiger partial charge in [-0.05, 0) is 26.2 Å². The Kier molecular flexibility index (Phi) is 4.43. The summed E-state index contributed by atoms with van der Waals surface area (Å²) in [5.74, 6) is -0.361. The van der Waals surface area contributed by atoms with E-state index in [4.69, 9.17) is 16.6 Å². The molecule has 1 fully saturated rings. The van der Waals surface area contributed by atoms with Gasteiger partial charge in [0.25, 0.3) is 0 Å². The van der Waals surface area contributed by atoms with Gasteiger partial charge in [0.1, 0.15) is 6.10 Å². The van der Waals surface area contributed by atoms with Gasteiger partial charge in [0.15, 0.2) is 5.78 Å². The summed E-state index contributed by atoms with van der Waals surface area (Å²) in [4.78, 5) is 12.1. The molecule has 1 aliphatic rings. The van der Waals surface area contributed by atoms with Gasteiger partial charge in [-0.2, -0.15) is 0 Å². The van der Waals surface area contributed by atoms with Gasteiger partial charge in [-0.1, -0.05) is 6.42 Å². The van der Waals surface area contributed by atoms with Crippen molar-refractivity contribution in [2.45, 2.75) is 50.8 Å². The van der Waals surface area contributed by atoms with E-state index in [2.05, 4.69) is 0 Å². The van der Waals surface area contributed by atoms with Crippen molar-refractivity contribution < 1.29 is 15.0 Å². The van der Waals surface area contributed by atoms with E-state index in [-0.39, 0.29) is 17.9 Å². The van der Waals surface area contributed by atoms with Crippen LogP contribution in [0.5, 0.6) is 0 Å². The van der Waals surface area contributed by atoms with E-state index in [0.29, 0.717) is 12.8 Å². The summed E-state index contributed by atoms with van der Waals surface area (Å²) < 4.78 is 0. The lowest BCUT2D eigenvalue weighted by Gasteiger charge is -2.42. The molecule has 1 aliphatic carbocycles. The van der Waals surface area contributed by atoms with Crippen molar-refractivity contribution in [3.8, 4) is 0 Å². The summed E-state index contributed by atoms with van der Waals surface area (Å²) in [5.41, 5.74) is 11.0. The first-order valence-electron chi connectivity index (χ1n) is 5.78. The van der Waals surface area contributed by atoms with E-state index in [0.717, 1.165) is 12.8 Å². The van der Waals surface area contributed by atoms with E-state index < -0.39 is 18.1 Å². The Morgan fingerprint density at radius 2 is 2.25 bits per heavy atom. The molecule has 0 bridgehead atoms. The third kappa shape index (κ3) is 2.43. The molecule has 5 heteroatoms. The van der Waals surface area contributed by atoms with Crippen LogP contribution in [-0.4, -0.2) is 40.8 Å². The molecule has 0 spiro atoms. The summed E-state index contributed by atoms with van der Waals surface area (Å²) in [7, 11) is 0. The molecule has 5 nitrogen and oxygen atoms in total. The van der Waals surface area contributed by atoms with Crippen molar-refractivity contribution in [3.05, 3.63) is 0 Å². The Hall–Kier alpha value is -0.490. The molecule has 0 amide bonds. The predicted octanol–water partition coefficient (Wildman–Crippen LogP) is -0.856. The fourth-order valence-corrected chi connectivity index (χ4v) is 2.63. The standard InChI is InChI=1S/C11H22N2O3/c1-7(12)11(10(16)9(15)6-14)4-2-3-8(13)5-11/h7-9,14-15H,2-6,12-13H2,1H3. The van der Waals surface area contributed by atoms with Crippen molar-refractivity contribution >= 4 is 5.78 Å². The SMILES string of the molecule is CC(N)C1(C(=O)C(O)CO)CCCC(N)C1. The van der Waals surface area contributed by atoms with Crippen molar-refractivity contribution in [2.24, 2.45) is 16.9 Å². The smallest absolute Gasteiger partial charge is 0.171 e. The second kappa shape index (κ2) is 5.23. The summed E-state index contributed by atoms with van der Waals surface area (Å²) in [6.45, 7) is 1.21. The van der Waals surface area contributed by atoms with Crippen molar-refractivity contribution in [1.82, 2.24) is 0 Å². The molecule has 94 valence electrons. The highest BCUT2D eigenvalue weighted by Gasteiger charge is 2.46. The predicted molar refractivity (Wildman–Crippen MR) is 60.6 cm³/mol. The average Bonchev–Trinajstić information content (AvgIpc) is 2.26. The first-order valence-corrected chi connectivity index (χ1v) is 5.78. The number of Topliss-reactive ketones (excluding diaryl/α,β-unsaturated/α-hetero) is 1. The zero-order valence-electron chi connectivity index (χ0n) is 9.72. The van der Waals surface area contributed by atoms with E-state index in [1.54, 1.807) is 6.92 Å². The molecule has 4 unspecified atom stereocenters. The summed E-state index contributed by atoms with van der Waals surface area (Å²) in [6.07, 6.45) is 1.54. The molecule has 0 saturated heterocycles. The maximum Gasteiger partial charge on any atom is 0.171 e. The molecule has 1 saturated carbocycles. The van der Waals surface area contributed by atoms with Crippen LogP contribution in [0.1, 0.15) is 32.6 Å². The molecule has 0 radical (unpaired) electrons. The first-order chi connectivity index (χ1) is 7.44. The van der Waals surface area contributed by atoms with Gasteiger partial charge in [-0.3, -0.25) is 4.79 Å². The lowest BCUT2D eigenvalue weighted by molar-refractivity contribution is -0.143. The van der Waals surface area contributed by atoms with E-state index >= 15 is 0 Å². The fourth-order valence-electron chi connectivity index (χ4n) is 2.63. The fraction of sp³-hybridized carbons (Fsp3) is 0.909. The number of hydrogen-bond donors (Lipinski definition) is 4.